The number of aliphatic hydroxyl groups excluding tert-OH is 1. The van der Waals surface area contributed by atoms with Gasteiger partial charge in [0.1, 0.15) is 19.0 Å². The molecule has 0 saturated heterocycles. The molecule has 1 heterocycles. The minimum Gasteiger partial charge on any atom is -0.487 e. The third-order valence-electron chi connectivity index (χ3n) is 5.54. The molecule has 1 N–H and O–H groups in total. The molecule has 0 aliphatic carbocycles. The Labute approximate surface area is 193 Å². The van der Waals surface area contributed by atoms with E-state index in [1.54, 1.807) is 18.2 Å². The van der Waals surface area contributed by atoms with E-state index in [-0.39, 0.29) is 12.0 Å². The molecule has 0 fully saturated rings. The molecule has 0 spiro atoms. The van der Waals surface area contributed by atoms with Crippen LogP contribution in [0.4, 0.5) is 0 Å². The van der Waals surface area contributed by atoms with Gasteiger partial charge < -0.3 is 14.3 Å². The van der Waals surface area contributed by atoms with Crippen LogP contribution in [0.3, 0.4) is 0 Å². The number of hydrogen-bond acceptors (Lipinski definition) is 5. The average molecular weight is 444 g/mol. The lowest BCUT2D eigenvalue weighted by Gasteiger charge is -2.25. The Kier molecular flexibility index (Phi) is 7.55. The number of nitrogens with zero attached hydrogens (tertiary/aromatic N) is 1. The molecule has 3 aromatic carbocycles. The van der Waals surface area contributed by atoms with E-state index in [9.17, 15) is 9.90 Å². The first-order valence-electron chi connectivity index (χ1n) is 11.3. The summed E-state index contributed by atoms with van der Waals surface area (Å²) in [5, 5.41) is 11.1. The van der Waals surface area contributed by atoms with Crippen LogP contribution >= 0.6 is 0 Å². The topological polar surface area (TPSA) is 62.9 Å². The molecule has 1 aromatic heterocycles. The maximum Gasteiger partial charge on any atom is 0.200 e. The number of aliphatic hydroxyl groups is 1. The fourth-order valence-corrected chi connectivity index (χ4v) is 3.99. The van der Waals surface area contributed by atoms with Crippen molar-refractivity contribution >= 4 is 11.0 Å². The normalized spacial score (nSPS) is 12.2. The van der Waals surface area contributed by atoms with E-state index in [0.717, 1.165) is 25.1 Å². The van der Waals surface area contributed by atoms with Gasteiger partial charge in [0, 0.05) is 13.1 Å². The molecule has 5 nitrogen and oxygen atoms in total. The van der Waals surface area contributed by atoms with E-state index in [0.29, 0.717) is 28.8 Å². The number of ether oxygens (including phenoxy) is 1. The molecule has 1 atom stereocenters. The summed E-state index contributed by atoms with van der Waals surface area (Å²) in [6.45, 7) is 4.39. The molecule has 0 aliphatic rings. The summed E-state index contributed by atoms with van der Waals surface area (Å²) in [4.78, 5) is 15.3. The molecule has 1 unspecified atom stereocenters. The first-order valence-corrected chi connectivity index (χ1v) is 11.3. The summed E-state index contributed by atoms with van der Waals surface area (Å²) < 4.78 is 11.7. The molecule has 4 aromatic rings. The van der Waals surface area contributed by atoms with Crippen molar-refractivity contribution in [1.82, 2.24) is 4.90 Å². The summed E-state index contributed by atoms with van der Waals surface area (Å²) in [7, 11) is 0. The molecule has 0 saturated carbocycles. The van der Waals surface area contributed by atoms with Crippen molar-refractivity contribution in [3.8, 4) is 16.9 Å². The Hall–Kier alpha value is -3.41. The highest BCUT2D eigenvalue weighted by molar-refractivity contribution is 5.85. The zero-order chi connectivity index (χ0) is 23.0. The fourth-order valence-electron chi connectivity index (χ4n) is 3.99. The summed E-state index contributed by atoms with van der Waals surface area (Å²) in [5.74, 6) is 0.452. The van der Waals surface area contributed by atoms with Crippen LogP contribution in [0.5, 0.6) is 5.75 Å². The number of fused-ring (bicyclic) bond motifs is 1. The third-order valence-corrected chi connectivity index (χ3v) is 5.54. The Balaban J connectivity index is 1.46. The predicted octanol–water partition coefficient (Wildman–Crippen LogP) is 5.11. The second-order valence-electron chi connectivity index (χ2n) is 8.16. The minimum absolute atomic E-state index is 0.106. The van der Waals surface area contributed by atoms with Gasteiger partial charge in [0.15, 0.2) is 11.3 Å². The van der Waals surface area contributed by atoms with E-state index in [1.165, 1.54) is 11.8 Å². The van der Waals surface area contributed by atoms with Crippen LogP contribution in [0.2, 0.25) is 0 Å². The lowest BCUT2D eigenvalue weighted by molar-refractivity contribution is 0.0657. The number of benzene rings is 3. The summed E-state index contributed by atoms with van der Waals surface area (Å²) in [6, 6.07) is 24.9. The zero-order valence-corrected chi connectivity index (χ0v) is 18.8. The molecular formula is C28H29NO4. The standard InChI is InChI=1S/C28H29NO4/c1-2-16-29(17-21-10-5-3-6-11-21)18-23(30)19-32-26-15-9-14-24-27(31)25(20-33-28(24)26)22-12-7-4-8-13-22/h3-15,20,23,30H,2,16-19H2,1H3. The van der Waals surface area contributed by atoms with Crippen LogP contribution < -0.4 is 10.2 Å². The van der Waals surface area contributed by atoms with E-state index in [2.05, 4.69) is 24.0 Å². The van der Waals surface area contributed by atoms with Crippen LogP contribution in [-0.2, 0) is 6.54 Å². The van der Waals surface area contributed by atoms with Gasteiger partial charge in [-0.15, -0.1) is 0 Å². The van der Waals surface area contributed by atoms with Crippen LogP contribution in [0.25, 0.3) is 22.1 Å². The van der Waals surface area contributed by atoms with Crippen molar-refractivity contribution in [1.29, 1.82) is 0 Å². The predicted molar refractivity (Wildman–Crippen MR) is 131 cm³/mol. The highest BCUT2D eigenvalue weighted by Gasteiger charge is 2.16. The first-order chi connectivity index (χ1) is 16.2. The maximum atomic E-state index is 13.0. The molecule has 0 radical (unpaired) electrons. The molecule has 0 aliphatic heterocycles. The molecule has 0 bridgehead atoms. The molecule has 170 valence electrons. The lowest BCUT2D eigenvalue weighted by Crippen LogP contribution is -2.35. The van der Waals surface area contributed by atoms with Crippen LogP contribution in [0.1, 0.15) is 18.9 Å². The molecular weight excluding hydrogens is 414 g/mol. The molecule has 4 rings (SSSR count). The van der Waals surface area contributed by atoms with Gasteiger partial charge >= 0.3 is 0 Å². The van der Waals surface area contributed by atoms with Crippen molar-refractivity contribution < 1.29 is 14.3 Å². The fraction of sp³-hybridized carbons (Fsp3) is 0.250. The van der Waals surface area contributed by atoms with Crippen molar-refractivity contribution in [3.63, 3.8) is 0 Å². The summed E-state index contributed by atoms with van der Waals surface area (Å²) in [6.07, 6.45) is 1.80. The van der Waals surface area contributed by atoms with Crippen LogP contribution in [0, 0.1) is 0 Å². The van der Waals surface area contributed by atoms with Gasteiger partial charge in [-0.2, -0.15) is 0 Å². The molecule has 0 amide bonds. The third kappa shape index (κ3) is 5.69. The quantitative estimate of drug-likeness (QED) is 0.369. The SMILES string of the molecule is CCCN(Cc1ccccc1)CC(O)COc1cccc2c(=O)c(-c3ccccc3)coc12. The Morgan fingerprint density at radius 2 is 1.70 bits per heavy atom. The van der Waals surface area contributed by atoms with Crippen molar-refractivity contribution in [2.45, 2.75) is 26.0 Å². The van der Waals surface area contributed by atoms with Crippen LogP contribution in [-0.4, -0.2) is 35.8 Å². The van der Waals surface area contributed by atoms with Crippen molar-refractivity contribution in [2.75, 3.05) is 19.7 Å². The largest absolute Gasteiger partial charge is 0.487 e. The first kappa shape index (κ1) is 22.8. The number of rotatable bonds is 10. The van der Waals surface area contributed by atoms with Gasteiger partial charge in [0.25, 0.3) is 0 Å². The highest BCUT2D eigenvalue weighted by Crippen LogP contribution is 2.26. The minimum atomic E-state index is -0.675. The molecule has 5 heteroatoms. The lowest BCUT2D eigenvalue weighted by atomic mass is 10.1. The monoisotopic (exact) mass is 443 g/mol. The van der Waals surface area contributed by atoms with Gasteiger partial charge in [0.2, 0.25) is 5.43 Å². The van der Waals surface area contributed by atoms with Gasteiger partial charge in [-0.1, -0.05) is 73.7 Å². The Bertz CT molecular complexity index is 1220. The second-order valence-corrected chi connectivity index (χ2v) is 8.16. The van der Waals surface area contributed by atoms with Gasteiger partial charge in [-0.05, 0) is 36.2 Å². The Morgan fingerprint density at radius 3 is 2.42 bits per heavy atom. The van der Waals surface area contributed by atoms with Gasteiger partial charge in [-0.25, -0.2) is 0 Å². The summed E-state index contributed by atoms with van der Waals surface area (Å²) >= 11 is 0. The highest BCUT2D eigenvalue weighted by atomic mass is 16.5. The van der Waals surface area contributed by atoms with E-state index in [4.69, 9.17) is 9.15 Å². The average Bonchev–Trinajstić information content (AvgIpc) is 2.84. The molecule has 33 heavy (non-hydrogen) atoms. The number of hydrogen-bond donors (Lipinski definition) is 1. The van der Waals surface area contributed by atoms with Crippen molar-refractivity contribution in [2.24, 2.45) is 0 Å². The Morgan fingerprint density at radius 1 is 0.970 bits per heavy atom. The smallest absolute Gasteiger partial charge is 0.200 e. The van der Waals surface area contributed by atoms with Gasteiger partial charge in [-0.3, -0.25) is 9.69 Å². The number of para-hydroxylation sites is 1. The second kappa shape index (κ2) is 10.9. The van der Waals surface area contributed by atoms with E-state index >= 15 is 0 Å². The van der Waals surface area contributed by atoms with Crippen LogP contribution in [0.15, 0.2) is 94.3 Å². The van der Waals surface area contributed by atoms with E-state index in [1.807, 2.05) is 48.5 Å². The zero-order valence-electron chi connectivity index (χ0n) is 18.8. The van der Waals surface area contributed by atoms with Crippen molar-refractivity contribution in [3.05, 3.63) is 101 Å². The summed E-state index contributed by atoms with van der Waals surface area (Å²) in [5.41, 5.74) is 2.82. The van der Waals surface area contributed by atoms with Gasteiger partial charge in [0.05, 0.1) is 10.9 Å². The maximum absolute atomic E-state index is 13.0. The van der Waals surface area contributed by atoms with E-state index < -0.39 is 6.10 Å².